The Balaban J connectivity index is 1.87. The second kappa shape index (κ2) is 9.80. The molecule has 0 aliphatic carbocycles. The van der Waals surface area contributed by atoms with Gasteiger partial charge in [0, 0.05) is 17.6 Å². The van der Waals surface area contributed by atoms with Gasteiger partial charge in [0.1, 0.15) is 6.54 Å². The fourth-order valence-corrected chi connectivity index (χ4v) is 3.36. The lowest BCUT2D eigenvalue weighted by Gasteiger charge is -2.20. The van der Waals surface area contributed by atoms with E-state index in [2.05, 4.69) is 5.32 Å². The molecule has 3 rings (SSSR count). The number of rotatable bonds is 8. The maximum Gasteiger partial charge on any atom is 0.307 e. The van der Waals surface area contributed by atoms with Crippen LogP contribution in [0.4, 0.5) is 0 Å². The maximum atomic E-state index is 12.9. The van der Waals surface area contributed by atoms with Crippen molar-refractivity contribution in [1.29, 1.82) is 0 Å². The Bertz CT molecular complexity index is 1150. The first kappa shape index (κ1) is 21.9. The molecule has 0 fully saturated rings. The van der Waals surface area contributed by atoms with E-state index < -0.39 is 12.0 Å². The summed E-state index contributed by atoms with van der Waals surface area (Å²) in [5.41, 5.74) is 1.21. The van der Waals surface area contributed by atoms with E-state index in [1.54, 1.807) is 53.2 Å². The molecule has 0 spiro atoms. The van der Waals surface area contributed by atoms with E-state index in [1.165, 1.54) is 27.4 Å². The predicted molar refractivity (Wildman–Crippen MR) is 115 cm³/mol. The summed E-state index contributed by atoms with van der Waals surface area (Å²) in [6.07, 6.45) is 1.53. The average molecular weight is 424 g/mol. The number of carbonyl (C=O) groups is 2. The molecule has 0 saturated carbocycles. The van der Waals surface area contributed by atoms with Crippen molar-refractivity contribution in [3.8, 4) is 11.5 Å². The quantitative estimate of drug-likeness (QED) is 0.558. The number of carbonyl (C=O) groups excluding carboxylic acids is 2. The summed E-state index contributed by atoms with van der Waals surface area (Å²) in [5, 5.41) is 3.41. The number of nitrogens with one attached hydrogen (secondary N) is 1. The Hall–Kier alpha value is -3.81. The lowest BCUT2D eigenvalue weighted by molar-refractivity contribution is -0.141. The topological polar surface area (TPSA) is 95.9 Å². The normalized spacial score (nSPS) is 11.6. The summed E-state index contributed by atoms with van der Waals surface area (Å²) in [6.45, 7) is -0.0221. The summed E-state index contributed by atoms with van der Waals surface area (Å²) in [5.74, 6) is 0.232. The van der Waals surface area contributed by atoms with Crippen molar-refractivity contribution in [2.75, 3.05) is 21.3 Å². The van der Waals surface area contributed by atoms with Crippen LogP contribution in [-0.4, -0.2) is 37.8 Å². The minimum absolute atomic E-state index is 0.0221. The van der Waals surface area contributed by atoms with Crippen LogP contribution in [0.3, 0.4) is 0 Å². The number of aromatic nitrogens is 1. The highest BCUT2D eigenvalue weighted by Gasteiger charge is 2.21. The van der Waals surface area contributed by atoms with Gasteiger partial charge in [0.25, 0.3) is 0 Å². The summed E-state index contributed by atoms with van der Waals surface area (Å²) in [6, 6.07) is 13.0. The zero-order chi connectivity index (χ0) is 22.4. The second-order valence-corrected chi connectivity index (χ2v) is 6.84. The third-order valence-electron chi connectivity index (χ3n) is 4.94. The first-order valence-electron chi connectivity index (χ1n) is 9.63. The Labute approximate surface area is 179 Å². The number of para-hydroxylation sites is 1. The maximum absolute atomic E-state index is 12.9. The number of esters is 1. The van der Waals surface area contributed by atoms with Gasteiger partial charge in [-0.15, -0.1) is 0 Å². The Morgan fingerprint density at radius 3 is 2.45 bits per heavy atom. The van der Waals surface area contributed by atoms with Gasteiger partial charge in [-0.2, -0.15) is 0 Å². The van der Waals surface area contributed by atoms with Gasteiger partial charge in [-0.3, -0.25) is 14.4 Å². The van der Waals surface area contributed by atoms with Gasteiger partial charge < -0.3 is 24.1 Å². The van der Waals surface area contributed by atoms with Crippen LogP contribution in [0, 0.1) is 0 Å². The highest BCUT2D eigenvalue weighted by atomic mass is 16.5. The molecule has 0 aliphatic heterocycles. The Kier molecular flexibility index (Phi) is 6.92. The summed E-state index contributed by atoms with van der Waals surface area (Å²) >= 11 is 0. The molecule has 0 unspecified atom stereocenters. The van der Waals surface area contributed by atoms with E-state index >= 15 is 0 Å². The highest BCUT2D eigenvalue weighted by Crippen LogP contribution is 2.31. The van der Waals surface area contributed by atoms with Gasteiger partial charge >= 0.3 is 5.97 Å². The van der Waals surface area contributed by atoms with Crippen LogP contribution in [0.15, 0.2) is 59.5 Å². The van der Waals surface area contributed by atoms with Gasteiger partial charge in [-0.1, -0.05) is 18.2 Å². The molecule has 0 aliphatic rings. The van der Waals surface area contributed by atoms with Gasteiger partial charge in [0.15, 0.2) is 16.9 Å². The molecule has 1 N–H and O–H groups in total. The molecule has 162 valence electrons. The molecule has 1 heterocycles. The zero-order valence-corrected chi connectivity index (χ0v) is 17.6. The molecular formula is C23H24N2O6. The fourth-order valence-electron chi connectivity index (χ4n) is 3.36. The van der Waals surface area contributed by atoms with E-state index in [0.717, 1.165) is 0 Å². The van der Waals surface area contributed by atoms with Crippen molar-refractivity contribution in [2.24, 2.45) is 0 Å². The number of ether oxygens (including phenoxy) is 3. The molecule has 31 heavy (non-hydrogen) atoms. The fraction of sp³-hybridized carbons (Fsp3) is 0.261. The molecule has 0 bridgehead atoms. The first-order valence-corrected chi connectivity index (χ1v) is 9.63. The van der Waals surface area contributed by atoms with Crippen LogP contribution in [0.2, 0.25) is 0 Å². The van der Waals surface area contributed by atoms with Crippen LogP contribution < -0.4 is 20.2 Å². The lowest BCUT2D eigenvalue weighted by Crippen LogP contribution is -2.33. The molecular weight excluding hydrogens is 400 g/mol. The Morgan fingerprint density at radius 2 is 1.74 bits per heavy atom. The Morgan fingerprint density at radius 1 is 1.00 bits per heavy atom. The van der Waals surface area contributed by atoms with Crippen molar-refractivity contribution in [2.45, 2.75) is 19.0 Å². The van der Waals surface area contributed by atoms with Crippen LogP contribution in [0.25, 0.3) is 10.9 Å². The minimum atomic E-state index is -0.634. The number of fused-ring (bicyclic) bond motifs is 1. The number of nitrogens with zero attached hydrogens (tertiary/aromatic N) is 1. The van der Waals surface area contributed by atoms with E-state index in [-0.39, 0.29) is 24.3 Å². The first-order chi connectivity index (χ1) is 15.0. The van der Waals surface area contributed by atoms with Crippen LogP contribution in [0.5, 0.6) is 11.5 Å². The van der Waals surface area contributed by atoms with E-state index in [9.17, 15) is 14.4 Å². The molecule has 0 saturated heterocycles. The largest absolute Gasteiger partial charge is 0.493 e. The SMILES string of the molecule is COC(=O)C[C@@H](NC(=O)Cn1ccc(=O)c2ccccc21)c1ccc(OC)c(OC)c1. The van der Waals surface area contributed by atoms with Gasteiger partial charge in [-0.25, -0.2) is 0 Å². The lowest BCUT2D eigenvalue weighted by atomic mass is 10.0. The van der Waals surface area contributed by atoms with Gasteiger partial charge in [0.2, 0.25) is 5.91 Å². The third-order valence-corrected chi connectivity index (χ3v) is 4.94. The molecule has 1 atom stereocenters. The van der Waals surface area contributed by atoms with E-state index in [0.29, 0.717) is 28.0 Å². The van der Waals surface area contributed by atoms with Gasteiger partial charge in [0.05, 0.1) is 39.3 Å². The molecule has 1 amide bonds. The van der Waals surface area contributed by atoms with Crippen molar-refractivity contribution in [1.82, 2.24) is 9.88 Å². The molecule has 1 aromatic heterocycles. The van der Waals surface area contributed by atoms with Crippen LogP contribution in [-0.2, 0) is 20.9 Å². The number of pyridine rings is 1. The monoisotopic (exact) mass is 424 g/mol. The summed E-state index contributed by atoms with van der Waals surface area (Å²) in [7, 11) is 4.33. The van der Waals surface area contributed by atoms with Crippen molar-refractivity contribution >= 4 is 22.8 Å². The highest BCUT2D eigenvalue weighted by molar-refractivity contribution is 5.82. The number of hydrogen-bond donors (Lipinski definition) is 1. The van der Waals surface area contributed by atoms with E-state index in [4.69, 9.17) is 14.2 Å². The third kappa shape index (κ3) is 5.03. The molecule has 2 aromatic carbocycles. The number of hydrogen-bond acceptors (Lipinski definition) is 6. The molecule has 8 heteroatoms. The smallest absolute Gasteiger partial charge is 0.307 e. The van der Waals surface area contributed by atoms with E-state index in [1.807, 2.05) is 0 Å². The standard InChI is InChI=1S/C23H24N2O6/c1-29-20-9-8-15(12-21(20)30-2)17(13-23(28)31-3)24-22(27)14-25-11-10-19(26)16-6-4-5-7-18(16)25/h4-12,17H,13-14H2,1-3H3,(H,24,27)/t17-/m1/s1. The average Bonchev–Trinajstić information content (AvgIpc) is 2.80. The number of amides is 1. The number of methoxy groups -OCH3 is 3. The number of benzene rings is 2. The molecule has 0 radical (unpaired) electrons. The van der Waals surface area contributed by atoms with Gasteiger partial charge in [-0.05, 0) is 29.8 Å². The summed E-state index contributed by atoms with van der Waals surface area (Å²) in [4.78, 5) is 36.9. The van der Waals surface area contributed by atoms with Crippen molar-refractivity contribution in [3.63, 3.8) is 0 Å². The van der Waals surface area contributed by atoms with Crippen LogP contribution in [0.1, 0.15) is 18.0 Å². The van der Waals surface area contributed by atoms with Crippen molar-refractivity contribution in [3.05, 3.63) is 70.5 Å². The van der Waals surface area contributed by atoms with Crippen molar-refractivity contribution < 1.29 is 23.8 Å². The molecule has 8 nitrogen and oxygen atoms in total. The second-order valence-electron chi connectivity index (χ2n) is 6.84. The predicted octanol–water partition coefficient (Wildman–Crippen LogP) is 2.44. The summed E-state index contributed by atoms with van der Waals surface area (Å²) < 4.78 is 17.1. The minimum Gasteiger partial charge on any atom is -0.493 e. The molecule has 3 aromatic rings. The van der Waals surface area contributed by atoms with Crippen LogP contribution >= 0.6 is 0 Å². The zero-order valence-electron chi connectivity index (χ0n) is 17.6.